The summed E-state index contributed by atoms with van der Waals surface area (Å²) in [6.07, 6.45) is -9.35. The van der Waals surface area contributed by atoms with Gasteiger partial charge in [-0.2, -0.15) is 26.3 Å². The molecule has 0 aromatic carbocycles. The summed E-state index contributed by atoms with van der Waals surface area (Å²) in [5, 5.41) is 0. The number of halogens is 6. The van der Waals surface area contributed by atoms with Crippen LogP contribution in [0.2, 0.25) is 0 Å². The van der Waals surface area contributed by atoms with Crippen molar-refractivity contribution in [1.29, 1.82) is 0 Å². The van der Waals surface area contributed by atoms with Crippen molar-refractivity contribution >= 4 is 0 Å². The zero-order valence-corrected chi connectivity index (χ0v) is 11.4. The molecule has 0 aromatic heterocycles. The van der Waals surface area contributed by atoms with Crippen molar-refractivity contribution in [2.24, 2.45) is 17.8 Å². The molecule has 20 heavy (non-hydrogen) atoms. The number of methoxy groups -OCH3 is 1. The van der Waals surface area contributed by atoms with E-state index < -0.39 is 37.0 Å². The van der Waals surface area contributed by atoms with E-state index in [0.29, 0.717) is 25.9 Å². The van der Waals surface area contributed by atoms with Crippen molar-refractivity contribution in [1.82, 2.24) is 0 Å². The van der Waals surface area contributed by atoms with Crippen LogP contribution >= 0.6 is 0 Å². The highest BCUT2D eigenvalue weighted by Gasteiger charge is 2.40. The molecule has 0 saturated heterocycles. The summed E-state index contributed by atoms with van der Waals surface area (Å²) in [7, 11) is 1.48. The van der Waals surface area contributed by atoms with Crippen LogP contribution in [0.25, 0.3) is 0 Å². The lowest BCUT2D eigenvalue weighted by Crippen LogP contribution is -2.29. The van der Waals surface area contributed by atoms with Crippen LogP contribution in [-0.4, -0.2) is 26.1 Å². The topological polar surface area (TPSA) is 9.23 Å². The fraction of sp³-hybridized carbons (Fsp3) is 1.00. The second kappa shape index (κ2) is 7.00. The maximum atomic E-state index is 12.4. The van der Waals surface area contributed by atoms with Crippen molar-refractivity contribution in [2.45, 2.75) is 50.9 Å². The number of ether oxygens (including phenoxy) is 1. The van der Waals surface area contributed by atoms with Gasteiger partial charge in [-0.15, -0.1) is 0 Å². The molecule has 1 nitrogen and oxygen atoms in total. The molecule has 7 heteroatoms. The van der Waals surface area contributed by atoms with Gasteiger partial charge in [0.05, 0.1) is 0 Å². The Morgan fingerprint density at radius 1 is 0.800 bits per heavy atom. The standard InChI is InChI=1S/C13H20F6O/c1-20-3-2-9-4-10(7-12(14,15)16)6-11(5-9)8-13(17,18)19/h9-11H,2-8H2,1H3. The molecule has 0 aromatic rings. The molecule has 1 saturated carbocycles. The predicted molar refractivity (Wildman–Crippen MR) is 62.2 cm³/mol. The molecule has 0 radical (unpaired) electrons. The van der Waals surface area contributed by atoms with Gasteiger partial charge in [0.2, 0.25) is 0 Å². The molecule has 1 rings (SSSR count). The highest BCUT2D eigenvalue weighted by molar-refractivity contribution is 4.82. The number of alkyl halides is 6. The first-order valence-corrected chi connectivity index (χ1v) is 6.71. The molecule has 0 spiro atoms. The Kier molecular flexibility index (Phi) is 6.16. The molecule has 120 valence electrons. The minimum absolute atomic E-state index is 0.0164. The molecular weight excluding hydrogens is 286 g/mol. The van der Waals surface area contributed by atoms with Gasteiger partial charge in [0.1, 0.15) is 0 Å². The zero-order valence-electron chi connectivity index (χ0n) is 11.4. The normalized spacial score (nSPS) is 28.6. The molecule has 0 N–H and O–H groups in total. The van der Waals surface area contributed by atoms with E-state index in [9.17, 15) is 26.3 Å². The third-order valence-electron chi connectivity index (χ3n) is 3.77. The van der Waals surface area contributed by atoms with Crippen LogP contribution in [0.5, 0.6) is 0 Å². The van der Waals surface area contributed by atoms with Crippen LogP contribution in [0.15, 0.2) is 0 Å². The Morgan fingerprint density at radius 2 is 1.20 bits per heavy atom. The molecular formula is C13H20F6O. The van der Waals surface area contributed by atoms with Crippen molar-refractivity contribution in [2.75, 3.05) is 13.7 Å². The van der Waals surface area contributed by atoms with Crippen LogP contribution in [0.1, 0.15) is 38.5 Å². The fourth-order valence-corrected chi connectivity index (χ4v) is 3.21. The molecule has 0 aliphatic heterocycles. The van der Waals surface area contributed by atoms with Crippen LogP contribution in [0, 0.1) is 17.8 Å². The molecule has 2 unspecified atom stereocenters. The van der Waals surface area contributed by atoms with Gasteiger partial charge < -0.3 is 4.74 Å². The van der Waals surface area contributed by atoms with Gasteiger partial charge in [-0.3, -0.25) is 0 Å². The van der Waals surface area contributed by atoms with E-state index in [1.807, 2.05) is 0 Å². The lowest BCUT2D eigenvalue weighted by molar-refractivity contribution is -0.160. The summed E-state index contributed by atoms with van der Waals surface area (Å²) in [6.45, 7) is 0.377. The Morgan fingerprint density at radius 3 is 1.55 bits per heavy atom. The number of rotatable bonds is 5. The summed E-state index contributed by atoms with van der Waals surface area (Å²) in [4.78, 5) is 0. The van der Waals surface area contributed by atoms with Gasteiger partial charge in [0.25, 0.3) is 0 Å². The van der Waals surface area contributed by atoms with Gasteiger partial charge in [-0.1, -0.05) is 0 Å². The molecule has 0 bridgehead atoms. The third-order valence-corrected chi connectivity index (χ3v) is 3.77. The third kappa shape index (κ3) is 7.36. The lowest BCUT2D eigenvalue weighted by Gasteiger charge is -2.35. The Balaban J connectivity index is 2.62. The molecule has 1 fully saturated rings. The van der Waals surface area contributed by atoms with E-state index in [4.69, 9.17) is 4.74 Å². The van der Waals surface area contributed by atoms with Crippen LogP contribution < -0.4 is 0 Å². The predicted octanol–water partition coefficient (Wildman–Crippen LogP) is 4.96. The van der Waals surface area contributed by atoms with Crippen molar-refractivity contribution in [3.63, 3.8) is 0 Å². The Hall–Kier alpha value is -0.460. The largest absolute Gasteiger partial charge is 0.389 e. The number of hydrogen-bond donors (Lipinski definition) is 0. The van der Waals surface area contributed by atoms with Crippen molar-refractivity contribution < 1.29 is 31.1 Å². The average molecular weight is 306 g/mol. The van der Waals surface area contributed by atoms with Crippen LogP contribution in [-0.2, 0) is 4.74 Å². The SMILES string of the molecule is COCCC1CC(CC(F)(F)F)CC(CC(F)(F)F)C1. The second-order valence-corrected chi connectivity index (χ2v) is 5.73. The van der Waals surface area contributed by atoms with E-state index in [1.54, 1.807) is 0 Å². The summed E-state index contributed by atoms with van der Waals surface area (Å²) in [6, 6.07) is 0. The van der Waals surface area contributed by atoms with Crippen molar-refractivity contribution in [3.8, 4) is 0 Å². The Labute approximate surface area is 114 Å². The lowest BCUT2D eigenvalue weighted by atomic mass is 9.72. The first-order valence-electron chi connectivity index (χ1n) is 6.71. The van der Waals surface area contributed by atoms with Gasteiger partial charge in [0.15, 0.2) is 0 Å². The summed E-state index contributed by atoms with van der Waals surface area (Å²) >= 11 is 0. The molecule has 0 heterocycles. The summed E-state index contributed by atoms with van der Waals surface area (Å²) in [5.41, 5.74) is 0. The highest BCUT2D eigenvalue weighted by atomic mass is 19.4. The fourth-order valence-electron chi connectivity index (χ4n) is 3.21. The van der Waals surface area contributed by atoms with Gasteiger partial charge in [-0.05, 0) is 43.4 Å². The van der Waals surface area contributed by atoms with E-state index in [2.05, 4.69) is 0 Å². The Bertz CT molecular complexity index is 262. The smallest absolute Gasteiger partial charge is 0.385 e. The van der Waals surface area contributed by atoms with Crippen LogP contribution in [0.4, 0.5) is 26.3 Å². The van der Waals surface area contributed by atoms with E-state index in [-0.39, 0.29) is 12.3 Å². The van der Waals surface area contributed by atoms with E-state index in [1.165, 1.54) is 7.11 Å². The first kappa shape index (κ1) is 17.6. The minimum atomic E-state index is -4.31. The van der Waals surface area contributed by atoms with Gasteiger partial charge >= 0.3 is 12.4 Å². The zero-order chi connectivity index (χ0) is 15.4. The summed E-state index contributed by atoms with van der Waals surface area (Å²) in [5.74, 6) is -1.50. The molecule has 1 aliphatic carbocycles. The van der Waals surface area contributed by atoms with E-state index in [0.717, 1.165) is 0 Å². The monoisotopic (exact) mass is 306 g/mol. The quantitative estimate of drug-likeness (QED) is 0.652. The average Bonchev–Trinajstić information content (AvgIpc) is 2.21. The summed E-state index contributed by atoms with van der Waals surface area (Å²) < 4.78 is 79.5. The highest BCUT2D eigenvalue weighted by Crippen LogP contribution is 2.43. The second-order valence-electron chi connectivity index (χ2n) is 5.73. The van der Waals surface area contributed by atoms with E-state index >= 15 is 0 Å². The molecule has 0 amide bonds. The maximum absolute atomic E-state index is 12.4. The first-order chi connectivity index (χ1) is 9.09. The minimum Gasteiger partial charge on any atom is -0.385 e. The molecule has 2 atom stereocenters. The molecule has 1 aliphatic rings. The van der Waals surface area contributed by atoms with Gasteiger partial charge in [-0.25, -0.2) is 0 Å². The van der Waals surface area contributed by atoms with Gasteiger partial charge in [0, 0.05) is 26.6 Å². The maximum Gasteiger partial charge on any atom is 0.389 e. The number of hydrogen-bond acceptors (Lipinski definition) is 1. The van der Waals surface area contributed by atoms with Crippen molar-refractivity contribution in [3.05, 3.63) is 0 Å². The van der Waals surface area contributed by atoms with Crippen LogP contribution in [0.3, 0.4) is 0 Å².